The Morgan fingerprint density at radius 1 is 0.750 bits per heavy atom. The third-order valence-corrected chi connectivity index (χ3v) is 9.90. The van der Waals surface area contributed by atoms with Gasteiger partial charge in [0.15, 0.2) is 0 Å². The molecule has 1 aliphatic carbocycles. The van der Waals surface area contributed by atoms with Gasteiger partial charge in [0.1, 0.15) is 0 Å². The molecule has 1 aliphatic rings. The van der Waals surface area contributed by atoms with Crippen molar-refractivity contribution >= 4 is 35.5 Å². The minimum Gasteiger partial charge on any atom is -0.465 e. The Hall–Kier alpha value is -0.360. The Labute approximate surface area is 206 Å². The smallest absolute Gasteiger partial charge is 0.315 e. The number of unbranched alkanes of at least 4 members (excludes halogenated alkanes) is 2. The van der Waals surface area contributed by atoms with Gasteiger partial charge >= 0.3 is 11.9 Å². The van der Waals surface area contributed by atoms with Crippen molar-refractivity contribution in [3.05, 3.63) is 0 Å². The van der Waals surface area contributed by atoms with Gasteiger partial charge in [0, 0.05) is 0 Å². The molecule has 4 nitrogen and oxygen atoms in total. The first kappa shape index (κ1) is 29.7. The first-order valence-corrected chi connectivity index (χ1v) is 15.0. The third kappa shape index (κ3) is 12.8. The molecular weight excluding hydrogens is 440 g/mol. The fraction of sp³-hybridized carbons (Fsp3) is 0.923. The standard InChI is InChI=1S/C26H48O4S2/c1-5-9-14-22(7-3)18-29-24(27)20-31-26(16-12-11-13-17-26)32-21-25(28)30-19-23(8-4)15-10-6-2/h22-23H,5-21H2,1-4H3. The van der Waals surface area contributed by atoms with Gasteiger partial charge in [-0.25, -0.2) is 0 Å². The molecule has 0 N–H and O–H groups in total. The SMILES string of the molecule is CCCCC(CC)COC(=O)CSC1(SCC(=O)OCC(CC)CCCC)CCCCC1. The van der Waals surface area contributed by atoms with Crippen molar-refractivity contribution in [2.45, 2.75) is 115 Å². The zero-order valence-corrected chi connectivity index (χ0v) is 22.8. The number of hydrogen-bond donors (Lipinski definition) is 0. The molecule has 0 bridgehead atoms. The summed E-state index contributed by atoms with van der Waals surface area (Å²) in [5.41, 5.74) is 0. The molecule has 0 aromatic rings. The van der Waals surface area contributed by atoms with Gasteiger partial charge in [0.05, 0.1) is 28.8 Å². The molecule has 0 spiro atoms. The lowest BCUT2D eigenvalue weighted by Gasteiger charge is -2.35. The Balaban J connectivity index is 2.44. The van der Waals surface area contributed by atoms with E-state index in [4.69, 9.17) is 9.47 Å². The monoisotopic (exact) mass is 488 g/mol. The minimum atomic E-state index is -0.111. The Kier molecular flexibility index (Phi) is 16.7. The van der Waals surface area contributed by atoms with E-state index in [2.05, 4.69) is 27.7 Å². The van der Waals surface area contributed by atoms with Crippen LogP contribution in [0.25, 0.3) is 0 Å². The quantitative estimate of drug-likeness (QED) is 0.146. The highest BCUT2D eigenvalue weighted by Gasteiger charge is 2.35. The molecule has 188 valence electrons. The number of thioether (sulfide) groups is 2. The van der Waals surface area contributed by atoms with Crippen molar-refractivity contribution in [2.75, 3.05) is 24.7 Å². The second-order valence-electron chi connectivity index (χ2n) is 9.25. The van der Waals surface area contributed by atoms with Crippen LogP contribution in [0.3, 0.4) is 0 Å². The lowest BCUT2D eigenvalue weighted by Crippen LogP contribution is -2.28. The summed E-state index contributed by atoms with van der Waals surface area (Å²) in [4.78, 5) is 24.8. The molecule has 1 rings (SSSR count). The molecule has 1 fully saturated rings. The Morgan fingerprint density at radius 2 is 1.19 bits per heavy atom. The lowest BCUT2D eigenvalue weighted by molar-refractivity contribution is -0.142. The largest absolute Gasteiger partial charge is 0.465 e. The Morgan fingerprint density at radius 3 is 1.56 bits per heavy atom. The first-order valence-electron chi connectivity index (χ1n) is 13.1. The van der Waals surface area contributed by atoms with Gasteiger partial charge in [-0.05, 0) is 37.5 Å². The predicted octanol–water partition coefficient (Wildman–Crippen LogP) is 7.63. The molecule has 2 unspecified atom stereocenters. The number of carbonyl (C=O) groups is 2. The van der Waals surface area contributed by atoms with Gasteiger partial charge in [0.2, 0.25) is 0 Å². The number of hydrogen-bond acceptors (Lipinski definition) is 6. The van der Waals surface area contributed by atoms with E-state index in [9.17, 15) is 9.59 Å². The van der Waals surface area contributed by atoms with Crippen LogP contribution in [0, 0.1) is 11.8 Å². The third-order valence-electron chi connectivity index (χ3n) is 6.57. The van der Waals surface area contributed by atoms with Gasteiger partial charge in [-0.2, -0.15) is 0 Å². The average molecular weight is 489 g/mol. The van der Waals surface area contributed by atoms with Crippen LogP contribution < -0.4 is 0 Å². The second kappa shape index (κ2) is 18.0. The normalized spacial score (nSPS) is 17.5. The lowest BCUT2D eigenvalue weighted by atomic mass is 10.00. The van der Waals surface area contributed by atoms with E-state index in [0.29, 0.717) is 36.6 Å². The molecule has 0 saturated heterocycles. The van der Waals surface area contributed by atoms with Crippen molar-refractivity contribution < 1.29 is 19.1 Å². The highest BCUT2D eigenvalue weighted by Crippen LogP contribution is 2.48. The van der Waals surface area contributed by atoms with Gasteiger partial charge in [0.25, 0.3) is 0 Å². The van der Waals surface area contributed by atoms with Gasteiger partial charge in [-0.15, -0.1) is 23.5 Å². The molecule has 0 aromatic carbocycles. The molecule has 2 atom stereocenters. The van der Waals surface area contributed by atoms with Crippen molar-refractivity contribution in [3.63, 3.8) is 0 Å². The maximum absolute atomic E-state index is 12.4. The van der Waals surface area contributed by atoms with Crippen molar-refractivity contribution in [3.8, 4) is 0 Å². The van der Waals surface area contributed by atoms with Gasteiger partial charge in [-0.3, -0.25) is 9.59 Å². The molecule has 1 saturated carbocycles. The van der Waals surface area contributed by atoms with E-state index in [-0.39, 0.29) is 16.0 Å². The van der Waals surface area contributed by atoms with E-state index in [1.807, 2.05) is 0 Å². The zero-order valence-electron chi connectivity index (χ0n) is 21.1. The summed E-state index contributed by atoms with van der Waals surface area (Å²) in [6, 6.07) is 0. The Bertz CT molecular complexity index is 468. The summed E-state index contributed by atoms with van der Waals surface area (Å²) in [5, 5.41) is 0. The van der Waals surface area contributed by atoms with Crippen molar-refractivity contribution in [1.82, 2.24) is 0 Å². The number of carbonyl (C=O) groups excluding carboxylic acids is 2. The van der Waals surface area contributed by atoms with Crippen LogP contribution in [-0.4, -0.2) is 40.7 Å². The molecule has 32 heavy (non-hydrogen) atoms. The van der Waals surface area contributed by atoms with Gasteiger partial charge < -0.3 is 9.47 Å². The van der Waals surface area contributed by atoms with Gasteiger partial charge in [-0.1, -0.05) is 85.5 Å². The van der Waals surface area contributed by atoms with Crippen LogP contribution >= 0.6 is 23.5 Å². The molecule has 0 aromatic heterocycles. The van der Waals surface area contributed by atoms with E-state index < -0.39 is 0 Å². The number of esters is 2. The van der Waals surface area contributed by atoms with E-state index in [0.717, 1.165) is 51.4 Å². The first-order chi connectivity index (χ1) is 15.5. The summed E-state index contributed by atoms with van der Waals surface area (Å²) < 4.78 is 11.1. The summed E-state index contributed by atoms with van der Waals surface area (Å²) in [7, 11) is 0. The van der Waals surface area contributed by atoms with E-state index in [1.165, 1.54) is 32.1 Å². The fourth-order valence-corrected chi connectivity index (χ4v) is 6.87. The maximum atomic E-state index is 12.4. The van der Waals surface area contributed by atoms with Crippen molar-refractivity contribution in [1.29, 1.82) is 0 Å². The summed E-state index contributed by atoms with van der Waals surface area (Å²) in [5.74, 6) is 1.48. The fourth-order valence-electron chi connectivity index (χ4n) is 4.10. The predicted molar refractivity (Wildman–Crippen MR) is 139 cm³/mol. The molecule has 6 heteroatoms. The van der Waals surface area contributed by atoms with Crippen LogP contribution in [0.15, 0.2) is 0 Å². The highest BCUT2D eigenvalue weighted by atomic mass is 32.2. The molecule has 0 heterocycles. The topological polar surface area (TPSA) is 52.6 Å². The van der Waals surface area contributed by atoms with Crippen molar-refractivity contribution in [2.24, 2.45) is 11.8 Å². The second-order valence-corrected chi connectivity index (χ2v) is 12.2. The van der Waals surface area contributed by atoms with Crippen LogP contribution in [0.2, 0.25) is 0 Å². The summed E-state index contributed by atoms with van der Waals surface area (Å²) in [6.45, 7) is 9.81. The van der Waals surface area contributed by atoms with Crippen LogP contribution in [0.1, 0.15) is 111 Å². The van der Waals surface area contributed by atoms with Crippen LogP contribution in [0.4, 0.5) is 0 Å². The van der Waals surface area contributed by atoms with E-state index in [1.54, 1.807) is 23.5 Å². The maximum Gasteiger partial charge on any atom is 0.315 e. The van der Waals surface area contributed by atoms with Crippen LogP contribution in [0.5, 0.6) is 0 Å². The average Bonchev–Trinajstić information content (AvgIpc) is 2.82. The molecule has 0 radical (unpaired) electrons. The molecule has 0 aliphatic heterocycles. The number of rotatable bonds is 18. The minimum absolute atomic E-state index is 0.0605. The summed E-state index contributed by atoms with van der Waals surface area (Å²) in [6.07, 6.45) is 14.8. The van der Waals surface area contributed by atoms with E-state index >= 15 is 0 Å². The zero-order chi connectivity index (χ0) is 23.7. The molecule has 0 amide bonds. The highest BCUT2D eigenvalue weighted by molar-refractivity contribution is 8.18. The van der Waals surface area contributed by atoms with Crippen LogP contribution in [-0.2, 0) is 19.1 Å². The summed E-state index contributed by atoms with van der Waals surface area (Å²) >= 11 is 3.39. The number of ether oxygens (including phenoxy) is 2. The molecular formula is C26H48O4S2.